The fourth-order valence-corrected chi connectivity index (χ4v) is 2.01. The van der Waals surface area contributed by atoms with Crippen molar-refractivity contribution >= 4 is 0 Å². The van der Waals surface area contributed by atoms with E-state index in [4.69, 9.17) is 5.11 Å². The highest BCUT2D eigenvalue weighted by Crippen LogP contribution is 1.91. The summed E-state index contributed by atoms with van der Waals surface area (Å²) in [4.78, 5) is 11.5. The zero-order chi connectivity index (χ0) is 17.0. The third-order valence-electron chi connectivity index (χ3n) is 4.00. The fraction of sp³-hybridized carbons (Fsp3) is 1.00. The lowest BCUT2D eigenvalue weighted by Gasteiger charge is -2.26. The highest BCUT2D eigenvalue weighted by Gasteiger charge is 2.05. The molecule has 0 aromatic rings. The van der Waals surface area contributed by atoms with Gasteiger partial charge < -0.3 is 29.6 Å². The van der Waals surface area contributed by atoms with Crippen molar-refractivity contribution in [2.24, 2.45) is 0 Å². The summed E-state index contributed by atoms with van der Waals surface area (Å²) >= 11 is 0. The van der Waals surface area contributed by atoms with Gasteiger partial charge in [0.2, 0.25) is 0 Å². The molecule has 0 aliphatic carbocycles. The highest BCUT2D eigenvalue weighted by molar-refractivity contribution is 4.62. The van der Waals surface area contributed by atoms with Gasteiger partial charge in [-0.3, -0.25) is 0 Å². The van der Waals surface area contributed by atoms with Crippen LogP contribution in [-0.4, -0.2) is 137 Å². The molecular formula is C16H39N5O. The number of likely N-dealkylation sites (N-methyl/N-ethyl adjacent to an activating group) is 5. The van der Waals surface area contributed by atoms with E-state index in [0.717, 1.165) is 58.9 Å². The van der Waals surface area contributed by atoms with Crippen molar-refractivity contribution in [1.29, 1.82) is 0 Å². The number of rotatable bonds is 14. The van der Waals surface area contributed by atoms with E-state index in [1.54, 1.807) is 0 Å². The van der Waals surface area contributed by atoms with Crippen LogP contribution in [-0.2, 0) is 0 Å². The van der Waals surface area contributed by atoms with Gasteiger partial charge in [0, 0.05) is 58.9 Å². The van der Waals surface area contributed by atoms with Crippen LogP contribution in [0.5, 0.6) is 0 Å². The lowest BCUT2D eigenvalue weighted by atomic mass is 10.4. The van der Waals surface area contributed by atoms with Gasteiger partial charge in [0.1, 0.15) is 0 Å². The minimum Gasteiger partial charge on any atom is -0.395 e. The molecule has 6 nitrogen and oxygen atoms in total. The number of nitrogens with zero attached hydrogens (tertiary/aromatic N) is 5. The van der Waals surface area contributed by atoms with E-state index < -0.39 is 0 Å². The molecule has 6 heteroatoms. The second kappa shape index (κ2) is 13.2. The predicted molar refractivity (Wildman–Crippen MR) is 95.6 cm³/mol. The number of aliphatic hydroxyl groups excluding tert-OH is 1. The molecule has 0 heterocycles. The molecule has 0 saturated carbocycles. The first-order valence-electron chi connectivity index (χ1n) is 8.35. The third-order valence-corrected chi connectivity index (χ3v) is 4.00. The molecule has 0 aromatic heterocycles. The molecule has 0 rings (SSSR count). The second-order valence-electron chi connectivity index (χ2n) is 6.74. The van der Waals surface area contributed by atoms with Crippen LogP contribution in [0.2, 0.25) is 0 Å². The Morgan fingerprint density at radius 1 is 0.455 bits per heavy atom. The van der Waals surface area contributed by atoms with E-state index in [0.29, 0.717) is 0 Å². The molecule has 0 bridgehead atoms. The van der Waals surface area contributed by atoms with Crippen LogP contribution in [0.4, 0.5) is 0 Å². The summed E-state index contributed by atoms with van der Waals surface area (Å²) in [5.41, 5.74) is 0. The lowest BCUT2D eigenvalue weighted by Crippen LogP contribution is -2.39. The average Bonchev–Trinajstić information content (AvgIpc) is 2.46. The molecule has 0 radical (unpaired) electrons. The maximum atomic E-state index is 8.88. The largest absolute Gasteiger partial charge is 0.395 e. The monoisotopic (exact) mass is 317 g/mol. The van der Waals surface area contributed by atoms with Crippen LogP contribution >= 0.6 is 0 Å². The smallest absolute Gasteiger partial charge is 0.0558 e. The highest BCUT2D eigenvalue weighted by atomic mass is 16.3. The first-order chi connectivity index (χ1) is 10.3. The second-order valence-corrected chi connectivity index (χ2v) is 6.74. The Kier molecular flexibility index (Phi) is 13.1. The quantitative estimate of drug-likeness (QED) is 0.455. The van der Waals surface area contributed by atoms with Crippen molar-refractivity contribution in [3.05, 3.63) is 0 Å². The topological polar surface area (TPSA) is 36.4 Å². The maximum Gasteiger partial charge on any atom is 0.0558 e. The van der Waals surface area contributed by atoms with Crippen molar-refractivity contribution in [2.45, 2.75) is 0 Å². The Hall–Kier alpha value is -0.240. The van der Waals surface area contributed by atoms with Gasteiger partial charge in [-0.15, -0.1) is 0 Å². The van der Waals surface area contributed by atoms with E-state index in [9.17, 15) is 0 Å². The first kappa shape index (κ1) is 21.8. The summed E-state index contributed by atoms with van der Waals surface area (Å²) in [6.07, 6.45) is 0. The van der Waals surface area contributed by atoms with Crippen LogP contribution < -0.4 is 0 Å². The van der Waals surface area contributed by atoms with E-state index in [-0.39, 0.29) is 6.61 Å². The summed E-state index contributed by atoms with van der Waals surface area (Å²) in [6.45, 7) is 9.71. The Balaban J connectivity index is 3.64. The average molecular weight is 318 g/mol. The Labute approximate surface area is 138 Å². The Morgan fingerprint density at radius 2 is 0.727 bits per heavy atom. The molecule has 0 aliphatic heterocycles. The van der Waals surface area contributed by atoms with Crippen molar-refractivity contribution in [2.75, 3.05) is 108 Å². The zero-order valence-electron chi connectivity index (χ0n) is 15.8. The molecule has 0 aromatic carbocycles. The van der Waals surface area contributed by atoms with Crippen molar-refractivity contribution < 1.29 is 5.11 Å². The third kappa shape index (κ3) is 13.4. The Morgan fingerprint density at radius 3 is 1.00 bits per heavy atom. The molecule has 0 amide bonds. The zero-order valence-corrected chi connectivity index (χ0v) is 15.8. The van der Waals surface area contributed by atoms with Crippen molar-refractivity contribution in [1.82, 2.24) is 24.5 Å². The predicted octanol–water partition coefficient (Wildman–Crippen LogP) is -0.732. The van der Waals surface area contributed by atoms with Gasteiger partial charge in [0.05, 0.1) is 6.61 Å². The minimum absolute atomic E-state index is 0.240. The standard InChI is InChI=1S/C16H39N5O/c1-17(2)7-8-18(3)9-10-19(4)11-12-20(5)13-14-21(6)15-16-22/h22H,7-16H2,1-6H3. The van der Waals surface area contributed by atoms with Gasteiger partial charge in [-0.2, -0.15) is 0 Å². The molecule has 0 atom stereocenters. The summed E-state index contributed by atoms with van der Waals surface area (Å²) in [5.74, 6) is 0. The molecule has 1 N–H and O–H groups in total. The molecular weight excluding hydrogens is 278 g/mol. The van der Waals surface area contributed by atoms with Crippen molar-refractivity contribution in [3.8, 4) is 0 Å². The fourth-order valence-electron chi connectivity index (χ4n) is 2.01. The van der Waals surface area contributed by atoms with E-state index in [1.165, 1.54) is 0 Å². The van der Waals surface area contributed by atoms with Crippen molar-refractivity contribution in [3.63, 3.8) is 0 Å². The van der Waals surface area contributed by atoms with Gasteiger partial charge in [0.15, 0.2) is 0 Å². The molecule has 0 aliphatic rings. The normalized spacial score (nSPS) is 12.5. The van der Waals surface area contributed by atoms with Gasteiger partial charge >= 0.3 is 0 Å². The van der Waals surface area contributed by atoms with Gasteiger partial charge in [-0.1, -0.05) is 0 Å². The maximum absolute atomic E-state index is 8.88. The van der Waals surface area contributed by atoms with Crippen LogP contribution in [0.3, 0.4) is 0 Å². The van der Waals surface area contributed by atoms with E-state index in [1.807, 2.05) is 0 Å². The summed E-state index contributed by atoms with van der Waals surface area (Å²) in [7, 11) is 12.9. The molecule has 134 valence electrons. The molecule has 0 spiro atoms. The summed E-state index contributed by atoms with van der Waals surface area (Å²) in [6, 6.07) is 0. The minimum atomic E-state index is 0.240. The van der Waals surface area contributed by atoms with E-state index in [2.05, 4.69) is 66.8 Å². The summed E-state index contributed by atoms with van der Waals surface area (Å²) < 4.78 is 0. The number of hydrogen-bond donors (Lipinski definition) is 1. The molecule has 22 heavy (non-hydrogen) atoms. The van der Waals surface area contributed by atoms with Crippen LogP contribution in [0.1, 0.15) is 0 Å². The summed E-state index contributed by atoms with van der Waals surface area (Å²) in [5, 5.41) is 8.88. The van der Waals surface area contributed by atoms with Crippen LogP contribution in [0.15, 0.2) is 0 Å². The number of aliphatic hydroxyl groups is 1. The van der Waals surface area contributed by atoms with Gasteiger partial charge in [0.25, 0.3) is 0 Å². The lowest BCUT2D eigenvalue weighted by molar-refractivity contribution is 0.188. The number of hydrogen-bond acceptors (Lipinski definition) is 6. The van der Waals surface area contributed by atoms with Crippen LogP contribution in [0.25, 0.3) is 0 Å². The van der Waals surface area contributed by atoms with Gasteiger partial charge in [-0.05, 0) is 42.3 Å². The van der Waals surface area contributed by atoms with Crippen LogP contribution in [0, 0.1) is 0 Å². The Bertz CT molecular complexity index is 253. The molecule has 0 fully saturated rings. The molecule has 0 unspecified atom stereocenters. The van der Waals surface area contributed by atoms with Gasteiger partial charge in [-0.25, -0.2) is 0 Å². The van der Waals surface area contributed by atoms with E-state index >= 15 is 0 Å². The first-order valence-corrected chi connectivity index (χ1v) is 8.35. The SMILES string of the molecule is CN(C)CCN(C)CCN(C)CCN(C)CCN(C)CCO. The molecule has 0 saturated heterocycles.